The molecule has 24 heteroatoms. The molecule has 0 radical (unpaired) electrons. The molecule has 0 saturated carbocycles. The number of benzene rings is 2. The van der Waals surface area contributed by atoms with Crippen LogP contribution in [0.5, 0.6) is 5.75 Å². The fraction of sp³-hybridized carbons (Fsp3) is 0.136. The first-order valence-electron chi connectivity index (χ1n) is 12.2. The Morgan fingerprint density at radius 3 is 1.85 bits per heavy atom. The van der Waals surface area contributed by atoms with Gasteiger partial charge < -0.3 is 26.3 Å². The van der Waals surface area contributed by atoms with Crippen molar-refractivity contribution in [3.8, 4) is 5.75 Å². The van der Waals surface area contributed by atoms with E-state index >= 15 is 0 Å². The number of aldehydes is 1. The van der Waals surface area contributed by atoms with E-state index < -0.39 is 20.1 Å². The molecule has 2 rings (SSSR count). The number of alkyl halides is 2. The van der Waals surface area contributed by atoms with Gasteiger partial charge in [-0.25, -0.2) is 8.78 Å². The third-order valence-corrected chi connectivity index (χ3v) is 71.4. The van der Waals surface area contributed by atoms with Gasteiger partial charge in [0.1, 0.15) is 12.0 Å². The quantitative estimate of drug-likeness (QED) is 0.0620. The van der Waals surface area contributed by atoms with Gasteiger partial charge in [-0.1, -0.05) is 36.4 Å². The van der Waals surface area contributed by atoms with Crippen molar-refractivity contribution in [3.63, 3.8) is 0 Å². The van der Waals surface area contributed by atoms with Gasteiger partial charge in [0.25, 0.3) is 6.43 Å². The minimum absolute atomic E-state index is 0.103. The van der Waals surface area contributed by atoms with Crippen LogP contribution in [0.15, 0.2) is 71.9 Å². The number of carbonyl (C=O) groups excluding carboxylic acids is 1. The number of nitrogens with one attached hydrogen (secondary N) is 1. The summed E-state index contributed by atoms with van der Waals surface area (Å²) in [7, 11) is 21.2. The minimum atomic E-state index is -2.45. The van der Waals surface area contributed by atoms with Gasteiger partial charge >= 0.3 is 7.12 Å². The Morgan fingerprint density at radius 1 is 1.02 bits per heavy atom. The number of aliphatic imine (C=N–C) groups is 1. The van der Waals surface area contributed by atoms with E-state index in [9.17, 15) is 13.6 Å². The molecule has 0 spiro atoms. The lowest BCUT2D eigenvalue weighted by atomic mass is 9.80. The Kier molecular flexibility index (Phi) is 33.0. The van der Waals surface area contributed by atoms with Gasteiger partial charge in [-0.15, -0.1) is 62.5 Å². The number of halogens is 3. The second-order valence-corrected chi connectivity index (χ2v) is 53.7. The van der Waals surface area contributed by atoms with Crippen molar-refractivity contribution in [2.45, 2.75) is 6.43 Å². The van der Waals surface area contributed by atoms with E-state index in [0.29, 0.717) is 32.7 Å². The summed E-state index contributed by atoms with van der Waals surface area (Å²) >= 11 is 2.85. The topological polar surface area (TPSA) is 155 Å². The minimum Gasteiger partial charge on any atom is -0.497 e. The molecule has 0 aliphatic rings. The molecule has 46 heavy (non-hydrogen) atoms. The fourth-order valence-electron chi connectivity index (χ4n) is 2.41. The molecule has 0 fully saturated rings. The number of methoxy groups -OCH3 is 1. The summed E-state index contributed by atoms with van der Waals surface area (Å²) in [6.07, 6.45) is 3.71. The Hall–Kier alpha value is 1.81. The summed E-state index contributed by atoms with van der Waals surface area (Å²) in [6, 6.07) is 13.2. The number of ether oxygens (including phenoxy) is 1. The average molecular weight is 925 g/mol. The van der Waals surface area contributed by atoms with Gasteiger partial charge in [-0.3, -0.25) is 15.2 Å². The van der Waals surface area contributed by atoms with Crippen molar-refractivity contribution in [2.24, 2.45) is 16.5 Å². The molecule has 8 atom stereocenters. The monoisotopic (exact) mass is 924 g/mol. The van der Waals surface area contributed by atoms with E-state index in [2.05, 4.69) is 83.4 Å². The van der Waals surface area contributed by atoms with Crippen molar-refractivity contribution in [1.82, 2.24) is 0 Å². The smallest absolute Gasteiger partial charge is 0.488 e. The van der Waals surface area contributed by atoms with Crippen LogP contribution in [-0.2, 0) is 0 Å². The molecule has 7 N–H and O–H groups in total. The molecule has 8 unspecified atom stereocenters. The summed E-state index contributed by atoms with van der Waals surface area (Å²) in [5.41, 5.74) is 12.7. The molecule has 0 bridgehead atoms. The maximum atomic E-state index is 11.8. The first kappa shape index (κ1) is 49.9. The highest BCUT2D eigenvalue weighted by Crippen LogP contribution is 3.16. The lowest BCUT2D eigenvalue weighted by Crippen LogP contribution is -2.29. The number of carbonyl (C=O) groups is 1. The summed E-state index contributed by atoms with van der Waals surface area (Å²) in [6.45, 7) is 0.166. The van der Waals surface area contributed by atoms with Crippen molar-refractivity contribution < 1.29 is 28.4 Å². The average Bonchev–Trinajstić information content (AvgIpc) is 2.99. The third-order valence-electron chi connectivity index (χ3n) is 4.47. The van der Waals surface area contributed by atoms with Gasteiger partial charge in [0, 0.05) is 17.5 Å². The number of nitrogens with two attached hydrogens (primary N) is 2. The van der Waals surface area contributed by atoms with Crippen LogP contribution in [-0.4, -0.2) is 54.4 Å². The first-order chi connectivity index (χ1) is 21.5. The molecule has 0 heterocycles. The zero-order chi connectivity index (χ0) is 35.8. The van der Waals surface area contributed by atoms with E-state index in [1.807, 2.05) is 0 Å². The highest BCUT2D eigenvalue weighted by Gasteiger charge is 2.26. The number of rotatable bonds is 12. The zero-order valence-electron chi connectivity index (χ0n) is 24.6. The van der Waals surface area contributed by atoms with Crippen LogP contribution in [0, 0.1) is 5.41 Å². The Morgan fingerprint density at radius 2 is 1.54 bits per heavy atom. The van der Waals surface area contributed by atoms with E-state index in [4.69, 9.17) is 31.7 Å². The van der Waals surface area contributed by atoms with Gasteiger partial charge in [0.15, 0.2) is 0 Å². The van der Waals surface area contributed by atoms with Gasteiger partial charge in [0.2, 0.25) is 0 Å². The molecular weight excluding hydrogens is 885 g/mol. The second-order valence-electron chi connectivity index (χ2n) is 7.85. The Bertz CT molecular complexity index is 1210. The third kappa shape index (κ3) is 25.7. The van der Waals surface area contributed by atoms with E-state index in [-0.39, 0.29) is 34.9 Å². The van der Waals surface area contributed by atoms with Crippen molar-refractivity contribution in [2.75, 3.05) is 13.7 Å². The Labute approximate surface area is 301 Å². The predicted octanol–water partition coefficient (Wildman–Crippen LogP) is 8.93. The van der Waals surface area contributed by atoms with Crippen LogP contribution in [0.3, 0.4) is 0 Å². The van der Waals surface area contributed by atoms with Gasteiger partial charge in [-0.2, -0.15) is 0 Å². The molecule has 0 aromatic heterocycles. The van der Waals surface area contributed by atoms with Gasteiger partial charge in [0.05, 0.1) is 18.3 Å². The lowest BCUT2D eigenvalue weighted by Gasteiger charge is -2.32. The van der Waals surface area contributed by atoms with Crippen molar-refractivity contribution in [3.05, 3.63) is 78.0 Å². The SMILES string of the molecule is COc1ccc(B(O)O)cc1.N=C(Br)/C=C\N.NC(=CC=NCC(F)F)c1ccc(C=O)cc1.PP(P)P(P)P(P(P)P)P(P)P. The van der Waals surface area contributed by atoms with E-state index in [0.717, 1.165) is 6.29 Å². The molecular formula is C22H40BBrF2N4O4P12. The molecule has 0 amide bonds. The molecule has 0 aliphatic carbocycles. The molecule has 8 nitrogen and oxygen atoms in total. The first-order valence-corrected chi connectivity index (χ1v) is 33.8. The number of allylic oxidation sites excluding steroid dienone is 2. The van der Waals surface area contributed by atoms with E-state index in [1.165, 1.54) is 24.6 Å². The number of hydrogen-bond acceptors (Lipinski definition) is 8. The summed E-state index contributed by atoms with van der Waals surface area (Å²) in [4.78, 5) is 13.9. The summed E-state index contributed by atoms with van der Waals surface area (Å²) in [5.74, 6) is 0.703. The van der Waals surface area contributed by atoms with Crippen LogP contribution in [0.4, 0.5) is 8.78 Å². The van der Waals surface area contributed by atoms with Crippen LogP contribution in [0.25, 0.3) is 5.70 Å². The largest absolute Gasteiger partial charge is 0.497 e. The molecule has 2 aromatic rings. The maximum absolute atomic E-state index is 11.8. The lowest BCUT2D eigenvalue weighted by molar-refractivity contribution is 0.112. The zero-order valence-corrected chi connectivity index (χ0v) is 38.7. The van der Waals surface area contributed by atoms with Crippen LogP contribution < -0.4 is 21.7 Å². The van der Waals surface area contributed by atoms with Crippen molar-refractivity contribution >= 4 is 149 Å². The normalized spacial score (nSPS) is 12.0. The molecule has 256 valence electrons. The Balaban J connectivity index is 0. The number of hydrogen-bond donors (Lipinski definition) is 5. The van der Waals surface area contributed by atoms with E-state index in [1.54, 1.807) is 55.6 Å². The highest BCUT2D eigenvalue weighted by atomic mass is 79.9. The summed E-state index contributed by atoms with van der Waals surface area (Å²) in [5, 5.41) is 24.0. The molecule has 0 aliphatic heterocycles. The van der Waals surface area contributed by atoms with Crippen LogP contribution in [0.1, 0.15) is 15.9 Å². The predicted molar refractivity (Wildman–Crippen MR) is 239 cm³/mol. The highest BCUT2D eigenvalue weighted by molar-refractivity contribution is 9.22. The molecule has 2 aromatic carbocycles. The number of nitrogens with zero attached hydrogens (tertiary/aromatic N) is 1. The summed E-state index contributed by atoms with van der Waals surface area (Å²) < 4.78 is 28.7. The fourth-order valence-corrected chi connectivity index (χ4v) is 105. The van der Waals surface area contributed by atoms with Crippen molar-refractivity contribution in [1.29, 1.82) is 5.41 Å². The van der Waals surface area contributed by atoms with Gasteiger partial charge in [-0.05, 0) is 92.4 Å². The molecule has 0 saturated heterocycles. The van der Waals surface area contributed by atoms with Crippen LogP contribution >= 0.6 is 113 Å². The maximum Gasteiger partial charge on any atom is 0.488 e. The standard InChI is InChI=1S/C12H12F2N2O.C7H9BO3.C3H5BrN2.H14P12/c13-12(14)7-16-6-5-11(15)10-3-1-9(8-17)2-4-10;1-11-7-4-2-6(3-5-7)8(9)10;4-3(6)1-2-5;1-8(2)11(7)12(9(3)4)10(5)6/h1-6,8,12H,7,15H2;2-5,9-10H,1H3;1-2,6H,5H2;1-7H2/b;;2-1-,6-3?;. The van der Waals surface area contributed by atoms with Crippen LogP contribution in [0.2, 0.25) is 0 Å². The second kappa shape index (κ2) is 30.4.